The number of nitrogens with one attached hydrogen (secondary N) is 1. The maximum Gasteiger partial charge on any atom is 0.224 e. The Morgan fingerprint density at radius 2 is 1.55 bits per heavy atom. The lowest BCUT2D eigenvalue weighted by atomic mass is 10.3. The van der Waals surface area contributed by atoms with E-state index in [1.807, 2.05) is 0 Å². The van der Waals surface area contributed by atoms with Gasteiger partial charge in [0.2, 0.25) is 5.88 Å². The van der Waals surface area contributed by atoms with Gasteiger partial charge in [0.05, 0.1) is 14.2 Å². The Balaban J connectivity index is 2.31. The van der Waals surface area contributed by atoms with Gasteiger partial charge in [0, 0.05) is 24.3 Å². The third-order valence-corrected chi connectivity index (χ3v) is 2.51. The van der Waals surface area contributed by atoms with Crippen molar-refractivity contribution in [1.29, 1.82) is 0 Å². The fraction of sp³-hybridized carbons (Fsp3) is 0.231. The number of aromatic nitrogens is 2. The van der Waals surface area contributed by atoms with E-state index in [-0.39, 0.29) is 0 Å². The second-order valence-corrected chi connectivity index (χ2v) is 3.93. The van der Waals surface area contributed by atoms with Crippen LogP contribution in [0.25, 0.3) is 0 Å². The Morgan fingerprint density at radius 3 is 2.10 bits per heavy atom. The first-order valence-corrected chi connectivity index (χ1v) is 5.88. The van der Waals surface area contributed by atoms with Crippen LogP contribution >= 0.6 is 0 Å². The molecular weight excluding hydrogens is 260 g/mol. The summed E-state index contributed by atoms with van der Waals surface area (Å²) < 4.78 is 16.0. The largest absolute Gasteiger partial charge is 0.496 e. The Hall–Kier alpha value is -2.54. The Bertz CT molecular complexity index is 582. The van der Waals surface area contributed by atoms with Gasteiger partial charge in [-0.1, -0.05) is 0 Å². The molecule has 0 bridgehead atoms. The number of rotatable bonds is 5. The smallest absolute Gasteiger partial charge is 0.224 e. The van der Waals surface area contributed by atoms with Gasteiger partial charge in [0.15, 0.2) is 0 Å². The monoisotopic (exact) mass is 276 g/mol. The number of ether oxygens (including phenoxy) is 3. The molecule has 2 rings (SSSR count). The third-order valence-electron chi connectivity index (χ3n) is 2.51. The van der Waals surface area contributed by atoms with Crippen molar-refractivity contribution >= 4 is 5.82 Å². The maximum atomic E-state index is 5.68. The first kappa shape index (κ1) is 13.9. The highest BCUT2D eigenvalue weighted by Crippen LogP contribution is 2.30. The minimum absolute atomic E-state index is 0.376. The van der Waals surface area contributed by atoms with Gasteiger partial charge in [-0.05, 0) is 6.92 Å². The molecule has 0 aliphatic carbocycles. The van der Waals surface area contributed by atoms with Crippen LogP contribution in [0, 0.1) is 6.92 Å². The molecule has 0 aliphatic rings. The van der Waals surface area contributed by atoms with E-state index in [4.69, 9.17) is 20.1 Å². The van der Waals surface area contributed by atoms with E-state index in [0.29, 0.717) is 34.8 Å². The minimum Gasteiger partial charge on any atom is -0.496 e. The van der Waals surface area contributed by atoms with E-state index < -0.39 is 0 Å². The van der Waals surface area contributed by atoms with E-state index >= 15 is 0 Å². The van der Waals surface area contributed by atoms with E-state index in [1.54, 1.807) is 45.4 Å². The number of aryl methyl sites for hydroxylation is 1. The first-order chi connectivity index (χ1) is 9.64. The Kier molecular flexibility index (Phi) is 4.21. The van der Waals surface area contributed by atoms with Crippen LogP contribution < -0.4 is 25.5 Å². The van der Waals surface area contributed by atoms with Crippen molar-refractivity contribution in [3.8, 4) is 23.1 Å². The van der Waals surface area contributed by atoms with Crippen LogP contribution in [0.4, 0.5) is 5.82 Å². The molecule has 2 aromatic rings. The van der Waals surface area contributed by atoms with Gasteiger partial charge in [-0.25, -0.2) is 10.8 Å². The van der Waals surface area contributed by atoms with Crippen molar-refractivity contribution in [3.63, 3.8) is 0 Å². The number of hydrazine groups is 1. The number of nitrogens with zero attached hydrogens (tertiary/aromatic N) is 2. The van der Waals surface area contributed by atoms with Gasteiger partial charge >= 0.3 is 0 Å². The topological polar surface area (TPSA) is 91.5 Å². The van der Waals surface area contributed by atoms with Crippen molar-refractivity contribution in [2.24, 2.45) is 5.84 Å². The molecule has 0 unspecified atom stereocenters. The Morgan fingerprint density at radius 1 is 0.950 bits per heavy atom. The molecule has 0 radical (unpaired) electrons. The van der Waals surface area contributed by atoms with Crippen molar-refractivity contribution in [2.75, 3.05) is 19.6 Å². The standard InChI is InChI=1S/C13H16N4O3/c1-8-15-12(17-14)7-13(16-8)20-11-5-9(18-2)4-10(6-11)19-3/h4-7H,14H2,1-3H3,(H,15,16,17). The molecule has 0 amide bonds. The van der Waals surface area contributed by atoms with Crippen molar-refractivity contribution in [1.82, 2.24) is 9.97 Å². The Labute approximate surface area is 116 Å². The van der Waals surface area contributed by atoms with Crippen LogP contribution in [0.15, 0.2) is 24.3 Å². The number of methoxy groups -OCH3 is 2. The highest BCUT2D eigenvalue weighted by Gasteiger charge is 2.07. The summed E-state index contributed by atoms with van der Waals surface area (Å²) in [6, 6.07) is 6.81. The third kappa shape index (κ3) is 3.27. The lowest BCUT2D eigenvalue weighted by Crippen LogP contribution is -2.09. The van der Waals surface area contributed by atoms with Gasteiger partial charge in [0.25, 0.3) is 0 Å². The van der Waals surface area contributed by atoms with Crippen molar-refractivity contribution in [2.45, 2.75) is 6.92 Å². The maximum absolute atomic E-state index is 5.68. The predicted octanol–water partition coefficient (Wildman–Crippen LogP) is 1.88. The number of benzene rings is 1. The van der Waals surface area contributed by atoms with E-state index in [1.165, 1.54) is 0 Å². The average Bonchev–Trinajstić information content (AvgIpc) is 2.46. The highest BCUT2D eigenvalue weighted by molar-refractivity contribution is 5.44. The summed E-state index contributed by atoms with van der Waals surface area (Å²) in [7, 11) is 3.15. The van der Waals surface area contributed by atoms with Crippen LogP contribution in [0.3, 0.4) is 0 Å². The summed E-state index contributed by atoms with van der Waals surface area (Å²) in [6.07, 6.45) is 0. The zero-order chi connectivity index (χ0) is 14.5. The fourth-order valence-electron chi connectivity index (χ4n) is 1.63. The molecule has 0 fully saturated rings. The summed E-state index contributed by atoms with van der Waals surface area (Å²) in [6.45, 7) is 1.75. The molecule has 0 aliphatic heterocycles. The second kappa shape index (κ2) is 6.07. The van der Waals surface area contributed by atoms with Crippen LogP contribution in [0.2, 0.25) is 0 Å². The summed E-state index contributed by atoms with van der Waals surface area (Å²) in [5.74, 6) is 8.53. The average molecular weight is 276 g/mol. The molecular formula is C13H16N4O3. The first-order valence-electron chi connectivity index (χ1n) is 5.88. The predicted molar refractivity (Wildman–Crippen MR) is 74.2 cm³/mol. The number of nitrogen functional groups attached to an aromatic ring is 1. The zero-order valence-corrected chi connectivity index (χ0v) is 11.5. The normalized spacial score (nSPS) is 10.0. The van der Waals surface area contributed by atoms with Crippen LogP contribution in [0.5, 0.6) is 23.1 Å². The molecule has 0 saturated heterocycles. The van der Waals surface area contributed by atoms with Crippen LogP contribution in [0.1, 0.15) is 5.82 Å². The number of anilines is 1. The summed E-state index contributed by atoms with van der Waals surface area (Å²) in [4.78, 5) is 8.26. The van der Waals surface area contributed by atoms with E-state index in [2.05, 4.69) is 15.4 Å². The van der Waals surface area contributed by atoms with Gasteiger partial charge in [-0.2, -0.15) is 4.98 Å². The summed E-state index contributed by atoms with van der Waals surface area (Å²) in [5, 5.41) is 0. The molecule has 1 aromatic carbocycles. The molecule has 1 aromatic heterocycles. The summed E-state index contributed by atoms with van der Waals surface area (Å²) in [5.41, 5.74) is 2.46. The molecule has 3 N–H and O–H groups in total. The molecule has 0 spiro atoms. The van der Waals surface area contributed by atoms with E-state index in [0.717, 1.165) is 0 Å². The minimum atomic E-state index is 0.376. The number of hydrogen-bond acceptors (Lipinski definition) is 7. The van der Waals surface area contributed by atoms with Crippen molar-refractivity contribution in [3.05, 3.63) is 30.1 Å². The van der Waals surface area contributed by atoms with Gasteiger partial charge in [0.1, 0.15) is 28.9 Å². The fourth-order valence-corrected chi connectivity index (χ4v) is 1.63. The molecule has 7 nitrogen and oxygen atoms in total. The molecule has 0 saturated carbocycles. The lowest BCUT2D eigenvalue weighted by Gasteiger charge is -2.10. The number of nitrogens with two attached hydrogens (primary N) is 1. The SMILES string of the molecule is COc1cc(OC)cc(Oc2cc(NN)nc(C)n2)c1. The van der Waals surface area contributed by atoms with E-state index in [9.17, 15) is 0 Å². The molecule has 7 heteroatoms. The van der Waals surface area contributed by atoms with Crippen molar-refractivity contribution < 1.29 is 14.2 Å². The molecule has 1 heterocycles. The lowest BCUT2D eigenvalue weighted by molar-refractivity contribution is 0.385. The quantitative estimate of drug-likeness (QED) is 0.636. The molecule has 0 atom stereocenters. The summed E-state index contributed by atoms with van der Waals surface area (Å²) >= 11 is 0. The van der Waals surface area contributed by atoms with Gasteiger partial charge in [-0.3, -0.25) is 0 Å². The molecule has 106 valence electrons. The second-order valence-electron chi connectivity index (χ2n) is 3.93. The zero-order valence-electron chi connectivity index (χ0n) is 11.5. The van der Waals surface area contributed by atoms with Gasteiger partial charge < -0.3 is 19.6 Å². The van der Waals surface area contributed by atoms with Crippen LogP contribution in [-0.4, -0.2) is 24.2 Å². The molecule has 20 heavy (non-hydrogen) atoms. The highest BCUT2D eigenvalue weighted by atomic mass is 16.5. The van der Waals surface area contributed by atoms with Gasteiger partial charge in [-0.15, -0.1) is 0 Å². The van der Waals surface area contributed by atoms with Crippen LogP contribution in [-0.2, 0) is 0 Å². The number of hydrogen-bond donors (Lipinski definition) is 2.